The zero-order chi connectivity index (χ0) is 16.8. The van der Waals surface area contributed by atoms with Crippen molar-refractivity contribution in [3.8, 4) is 0 Å². The molecule has 2 N–H and O–H groups in total. The number of carbonyl (C=O) groups excluding carboxylic acids is 1. The Morgan fingerprint density at radius 2 is 1.71 bits per heavy atom. The van der Waals surface area contributed by atoms with E-state index in [1.807, 2.05) is 41.8 Å². The van der Waals surface area contributed by atoms with Crippen LogP contribution < -0.4 is 10.6 Å². The van der Waals surface area contributed by atoms with Gasteiger partial charge in [-0.2, -0.15) is 0 Å². The molecule has 1 aromatic heterocycles. The first-order chi connectivity index (χ1) is 11.7. The molecule has 3 nitrogen and oxygen atoms in total. The predicted octanol–water partition coefficient (Wildman–Crippen LogP) is 4.79. The molecule has 0 fully saturated rings. The topological polar surface area (TPSA) is 41.1 Å². The molecule has 1 heterocycles. The first-order valence-corrected chi connectivity index (χ1v) is 8.52. The summed E-state index contributed by atoms with van der Waals surface area (Å²) in [5.74, 6) is -0.281. The second-order valence-electron chi connectivity index (χ2n) is 5.28. The number of anilines is 2. The van der Waals surface area contributed by atoms with Gasteiger partial charge in [-0.1, -0.05) is 24.3 Å². The molecule has 24 heavy (non-hydrogen) atoms. The summed E-state index contributed by atoms with van der Waals surface area (Å²) < 4.78 is 13.5. The van der Waals surface area contributed by atoms with E-state index in [2.05, 4.69) is 10.6 Å². The lowest BCUT2D eigenvalue weighted by molar-refractivity contribution is 0.103. The maximum absolute atomic E-state index is 13.5. The van der Waals surface area contributed by atoms with Crippen LogP contribution in [0.5, 0.6) is 0 Å². The highest BCUT2D eigenvalue weighted by Gasteiger charge is 2.06. The lowest BCUT2D eigenvalue weighted by atomic mass is 10.1. The molecule has 122 valence electrons. The molecule has 0 unspecified atom stereocenters. The van der Waals surface area contributed by atoms with Gasteiger partial charge in [-0.15, -0.1) is 11.3 Å². The van der Waals surface area contributed by atoms with Crippen LogP contribution in [-0.4, -0.2) is 12.5 Å². The zero-order valence-electron chi connectivity index (χ0n) is 13.0. The summed E-state index contributed by atoms with van der Waals surface area (Å²) >= 11 is 1.41. The Hall–Kier alpha value is -2.66. The molecule has 0 aliphatic carbocycles. The zero-order valence-corrected chi connectivity index (χ0v) is 13.8. The summed E-state index contributed by atoms with van der Waals surface area (Å²) in [7, 11) is 0. The number of nitrogens with one attached hydrogen (secondary N) is 2. The monoisotopic (exact) mass is 340 g/mol. The summed E-state index contributed by atoms with van der Waals surface area (Å²) in [6.07, 6.45) is 0.615. The van der Waals surface area contributed by atoms with Gasteiger partial charge in [0, 0.05) is 17.9 Å². The van der Waals surface area contributed by atoms with Crippen molar-refractivity contribution >= 4 is 28.6 Å². The highest BCUT2D eigenvalue weighted by Crippen LogP contribution is 2.16. The van der Waals surface area contributed by atoms with Crippen LogP contribution in [0.4, 0.5) is 15.8 Å². The summed E-state index contributed by atoms with van der Waals surface area (Å²) in [5.41, 5.74) is 2.37. The molecule has 0 spiro atoms. The highest BCUT2D eigenvalue weighted by atomic mass is 32.1. The van der Waals surface area contributed by atoms with Crippen molar-refractivity contribution in [2.24, 2.45) is 0 Å². The normalized spacial score (nSPS) is 10.4. The second kappa shape index (κ2) is 7.75. The smallest absolute Gasteiger partial charge is 0.265 e. The van der Waals surface area contributed by atoms with E-state index in [1.54, 1.807) is 18.2 Å². The predicted molar refractivity (Wildman–Crippen MR) is 97.3 cm³/mol. The molecule has 0 saturated carbocycles. The van der Waals surface area contributed by atoms with Crippen molar-refractivity contribution < 1.29 is 9.18 Å². The third-order valence-corrected chi connectivity index (χ3v) is 4.44. The largest absolute Gasteiger partial charge is 0.385 e. The summed E-state index contributed by atoms with van der Waals surface area (Å²) in [6.45, 7) is 0.641. The van der Waals surface area contributed by atoms with Crippen LogP contribution >= 0.6 is 11.3 Å². The second-order valence-corrected chi connectivity index (χ2v) is 6.22. The number of rotatable bonds is 6. The van der Waals surface area contributed by atoms with Gasteiger partial charge in [-0.3, -0.25) is 4.79 Å². The van der Waals surface area contributed by atoms with Gasteiger partial charge in [0.05, 0.1) is 4.88 Å². The van der Waals surface area contributed by atoms with E-state index in [-0.39, 0.29) is 11.7 Å². The standard InChI is InChI=1S/C19H17FN2OS/c20-17-5-2-1-4-14(17)11-12-21-15-7-9-16(10-8-15)22-19(23)18-6-3-13-24-18/h1-10,13,21H,11-12H2,(H,22,23). The van der Waals surface area contributed by atoms with E-state index >= 15 is 0 Å². The molecule has 5 heteroatoms. The van der Waals surface area contributed by atoms with E-state index in [1.165, 1.54) is 17.4 Å². The van der Waals surface area contributed by atoms with Gasteiger partial charge in [0.25, 0.3) is 5.91 Å². The Labute approximate surface area is 144 Å². The number of benzene rings is 2. The molecule has 0 saturated heterocycles. The van der Waals surface area contributed by atoms with Crippen molar-refractivity contribution in [3.05, 3.63) is 82.3 Å². The van der Waals surface area contributed by atoms with Crippen LogP contribution in [0, 0.1) is 5.82 Å². The summed E-state index contributed by atoms with van der Waals surface area (Å²) in [5, 5.41) is 7.98. The number of hydrogen-bond acceptors (Lipinski definition) is 3. The van der Waals surface area contributed by atoms with Crippen molar-refractivity contribution in [2.75, 3.05) is 17.2 Å². The van der Waals surface area contributed by atoms with Gasteiger partial charge in [0.1, 0.15) is 5.82 Å². The van der Waals surface area contributed by atoms with Crippen molar-refractivity contribution in [3.63, 3.8) is 0 Å². The fourth-order valence-corrected chi connectivity index (χ4v) is 2.93. The van der Waals surface area contributed by atoms with Crippen LogP contribution in [0.15, 0.2) is 66.0 Å². The van der Waals surface area contributed by atoms with Crippen molar-refractivity contribution in [1.29, 1.82) is 0 Å². The van der Waals surface area contributed by atoms with Gasteiger partial charge >= 0.3 is 0 Å². The summed E-state index contributed by atoms with van der Waals surface area (Å²) in [4.78, 5) is 12.7. The lowest BCUT2D eigenvalue weighted by Gasteiger charge is -2.09. The van der Waals surface area contributed by atoms with Crippen LogP contribution in [-0.2, 0) is 6.42 Å². The van der Waals surface area contributed by atoms with Crippen molar-refractivity contribution in [2.45, 2.75) is 6.42 Å². The van der Waals surface area contributed by atoms with Crippen LogP contribution in [0.25, 0.3) is 0 Å². The minimum Gasteiger partial charge on any atom is -0.385 e. The van der Waals surface area contributed by atoms with E-state index in [0.29, 0.717) is 23.4 Å². The molecular formula is C19H17FN2OS. The van der Waals surface area contributed by atoms with Crippen LogP contribution in [0.3, 0.4) is 0 Å². The summed E-state index contributed by atoms with van der Waals surface area (Å²) in [6, 6.07) is 17.9. The van der Waals surface area contributed by atoms with E-state index in [0.717, 1.165) is 11.4 Å². The molecular weight excluding hydrogens is 323 g/mol. The van der Waals surface area contributed by atoms with Crippen molar-refractivity contribution in [1.82, 2.24) is 0 Å². The Morgan fingerprint density at radius 3 is 2.42 bits per heavy atom. The lowest BCUT2D eigenvalue weighted by Crippen LogP contribution is -2.10. The molecule has 0 aliphatic heterocycles. The molecule has 0 radical (unpaired) electrons. The molecule has 3 rings (SSSR count). The third kappa shape index (κ3) is 4.20. The van der Waals surface area contributed by atoms with E-state index in [9.17, 15) is 9.18 Å². The maximum atomic E-state index is 13.5. The van der Waals surface area contributed by atoms with E-state index in [4.69, 9.17) is 0 Å². The van der Waals surface area contributed by atoms with E-state index < -0.39 is 0 Å². The first-order valence-electron chi connectivity index (χ1n) is 7.64. The Kier molecular flexibility index (Phi) is 5.23. The molecule has 0 atom stereocenters. The molecule has 2 aromatic carbocycles. The Morgan fingerprint density at radius 1 is 0.958 bits per heavy atom. The fraction of sp³-hybridized carbons (Fsp3) is 0.105. The molecule has 1 amide bonds. The quantitative estimate of drug-likeness (QED) is 0.677. The SMILES string of the molecule is O=C(Nc1ccc(NCCc2ccccc2F)cc1)c1cccs1. The van der Waals surface area contributed by atoms with Gasteiger partial charge in [0.15, 0.2) is 0 Å². The maximum Gasteiger partial charge on any atom is 0.265 e. The highest BCUT2D eigenvalue weighted by molar-refractivity contribution is 7.12. The number of halogens is 1. The molecule has 0 aliphatic rings. The van der Waals surface area contributed by atoms with Crippen LogP contribution in [0.2, 0.25) is 0 Å². The van der Waals surface area contributed by atoms with Crippen LogP contribution in [0.1, 0.15) is 15.2 Å². The number of hydrogen-bond donors (Lipinski definition) is 2. The Bertz CT molecular complexity index is 800. The third-order valence-electron chi connectivity index (χ3n) is 3.57. The minimum atomic E-state index is -0.175. The average Bonchev–Trinajstić information content (AvgIpc) is 3.13. The van der Waals surface area contributed by atoms with Gasteiger partial charge in [-0.25, -0.2) is 4.39 Å². The number of amides is 1. The molecule has 3 aromatic rings. The number of thiophene rings is 1. The Balaban J connectivity index is 1.51. The minimum absolute atomic E-state index is 0.106. The van der Waals surface area contributed by atoms with Gasteiger partial charge in [-0.05, 0) is 53.8 Å². The van der Waals surface area contributed by atoms with Gasteiger partial charge in [0.2, 0.25) is 0 Å². The fourth-order valence-electron chi connectivity index (χ4n) is 2.31. The average molecular weight is 340 g/mol. The first kappa shape index (κ1) is 16.2. The van der Waals surface area contributed by atoms with Gasteiger partial charge < -0.3 is 10.6 Å². The molecule has 0 bridgehead atoms. The number of carbonyl (C=O) groups is 1.